The van der Waals surface area contributed by atoms with E-state index in [0.717, 1.165) is 24.3 Å². The summed E-state index contributed by atoms with van der Waals surface area (Å²) in [5.74, 6) is 1.61. The highest BCUT2D eigenvalue weighted by atomic mass is 16.5. The number of benzene rings is 1. The number of hydrogen-bond acceptors (Lipinski definition) is 2. The quantitative estimate of drug-likeness (QED) is 0.814. The third-order valence-electron chi connectivity index (χ3n) is 3.24. The van der Waals surface area contributed by atoms with Crippen molar-refractivity contribution >= 4 is 0 Å². The third-order valence-corrected chi connectivity index (χ3v) is 3.24. The summed E-state index contributed by atoms with van der Waals surface area (Å²) in [7, 11) is 0. The van der Waals surface area contributed by atoms with Crippen LogP contribution in [0.4, 0.5) is 0 Å². The molecule has 0 bridgehead atoms. The predicted octanol–water partition coefficient (Wildman–Crippen LogP) is 3.80. The van der Waals surface area contributed by atoms with Gasteiger partial charge in [0.25, 0.3) is 0 Å². The van der Waals surface area contributed by atoms with Gasteiger partial charge in [-0.05, 0) is 36.0 Å². The number of ether oxygens (including phenoxy) is 1. The van der Waals surface area contributed by atoms with Crippen LogP contribution in [-0.2, 0) is 0 Å². The minimum atomic E-state index is -0.393. The van der Waals surface area contributed by atoms with Crippen LogP contribution in [-0.4, -0.2) is 11.7 Å². The summed E-state index contributed by atoms with van der Waals surface area (Å²) in [5.41, 5.74) is 0.968. The maximum atomic E-state index is 10.2. The van der Waals surface area contributed by atoms with E-state index in [1.54, 1.807) is 0 Å². The number of rotatable bonds is 6. The second kappa shape index (κ2) is 6.65. The first kappa shape index (κ1) is 14.0. The zero-order valence-corrected chi connectivity index (χ0v) is 11.3. The molecule has 1 rings (SSSR count). The molecule has 0 aliphatic heterocycles. The number of hydrogen-bond donors (Lipinski definition) is 1. The first-order chi connectivity index (χ1) is 8.06. The topological polar surface area (TPSA) is 29.5 Å². The van der Waals surface area contributed by atoms with E-state index in [4.69, 9.17) is 4.74 Å². The molecule has 0 saturated carbocycles. The molecule has 0 aromatic heterocycles. The highest BCUT2D eigenvalue weighted by molar-refractivity contribution is 5.28. The lowest BCUT2D eigenvalue weighted by atomic mass is 9.88. The van der Waals surface area contributed by atoms with Crippen LogP contribution in [0.5, 0.6) is 5.75 Å². The van der Waals surface area contributed by atoms with E-state index in [1.807, 2.05) is 24.3 Å². The van der Waals surface area contributed by atoms with Gasteiger partial charge >= 0.3 is 0 Å². The molecular formula is C15H24O2. The van der Waals surface area contributed by atoms with Crippen LogP contribution in [0, 0.1) is 11.8 Å². The average Bonchev–Trinajstić information content (AvgIpc) is 2.35. The molecule has 0 fully saturated rings. The summed E-state index contributed by atoms with van der Waals surface area (Å²) in [6.45, 7) is 9.17. The van der Waals surface area contributed by atoms with Gasteiger partial charge < -0.3 is 9.84 Å². The lowest BCUT2D eigenvalue weighted by molar-refractivity contribution is 0.0920. The third kappa shape index (κ3) is 4.04. The molecule has 2 atom stereocenters. The van der Waals surface area contributed by atoms with Crippen LogP contribution < -0.4 is 4.74 Å². The fraction of sp³-hybridized carbons (Fsp3) is 0.600. The fourth-order valence-corrected chi connectivity index (χ4v) is 1.65. The highest BCUT2D eigenvalue weighted by Crippen LogP contribution is 2.28. The Labute approximate surface area is 105 Å². The van der Waals surface area contributed by atoms with Crippen LogP contribution in [0.1, 0.15) is 45.8 Å². The van der Waals surface area contributed by atoms with Crippen LogP contribution in [0.2, 0.25) is 0 Å². The average molecular weight is 236 g/mol. The second-order valence-electron chi connectivity index (χ2n) is 4.97. The maximum Gasteiger partial charge on any atom is 0.119 e. The van der Waals surface area contributed by atoms with Crippen molar-refractivity contribution in [2.24, 2.45) is 11.8 Å². The SMILES string of the molecule is CCCOc1ccc(C(O)C(C)C(C)C)cc1. The Morgan fingerprint density at radius 1 is 1.12 bits per heavy atom. The molecule has 0 aliphatic carbocycles. The van der Waals surface area contributed by atoms with E-state index in [-0.39, 0.29) is 5.92 Å². The first-order valence-electron chi connectivity index (χ1n) is 6.47. The minimum absolute atomic E-state index is 0.261. The molecule has 0 spiro atoms. The van der Waals surface area contributed by atoms with Crippen molar-refractivity contribution in [3.8, 4) is 5.75 Å². The van der Waals surface area contributed by atoms with Crippen molar-refractivity contribution in [3.63, 3.8) is 0 Å². The molecule has 2 heteroatoms. The lowest BCUT2D eigenvalue weighted by Gasteiger charge is -2.22. The van der Waals surface area contributed by atoms with E-state index in [9.17, 15) is 5.11 Å². The van der Waals surface area contributed by atoms with Crippen molar-refractivity contribution < 1.29 is 9.84 Å². The molecule has 2 unspecified atom stereocenters. The van der Waals surface area contributed by atoms with E-state index in [2.05, 4.69) is 27.7 Å². The first-order valence-corrected chi connectivity index (χ1v) is 6.47. The second-order valence-corrected chi connectivity index (χ2v) is 4.97. The Morgan fingerprint density at radius 2 is 1.71 bits per heavy atom. The molecule has 1 aromatic rings. The summed E-state index contributed by atoms with van der Waals surface area (Å²) in [6.07, 6.45) is 0.615. The van der Waals surface area contributed by atoms with Gasteiger partial charge in [-0.25, -0.2) is 0 Å². The Kier molecular flexibility index (Phi) is 5.49. The fourth-order valence-electron chi connectivity index (χ4n) is 1.65. The van der Waals surface area contributed by atoms with Gasteiger partial charge in [0.1, 0.15) is 5.75 Å². The van der Waals surface area contributed by atoms with Crippen molar-refractivity contribution in [1.82, 2.24) is 0 Å². The van der Waals surface area contributed by atoms with Gasteiger partial charge in [-0.3, -0.25) is 0 Å². The van der Waals surface area contributed by atoms with Gasteiger partial charge in [-0.1, -0.05) is 39.8 Å². The highest BCUT2D eigenvalue weighted by Gasteiger charge is 2.19. The minimum Gasteiger partial charge on any atom is -0.494 e. The molecule has 0 radical (unpaired) electrons. The van der Waals surface area contributed by atoms with E-state index < -0.39 is 6.10 Å². The normalized spacial score (nSPS) is 14.7. The van der Waals surface area contributed by atoms with Gasteiger partial charge in [-0.15, -0.1) is 0 Å². The Morgan fingerprint density at radius 3 is 2.18 bits per heavy atom. The number of aliphatic hydroxyl groups is 1. The molecule has 1 N–H and O–H groups in total. The van der Waals surface area contributed by atoms with Gasteiger partial charge in [0, 0.05) is 0 Å². The monoisotopic (exact) mass is 236 g/mol. The Bertz CT molecular complexity index is 316. The van der Waals surface area contributed by atoms with Crippen molar-refractivity contribution in [2.45, 2.75) is 40.2 Å². The maximum absolute atomic E-state index is 10.2. The molecule has 17 heavy (non-hydrogen) atoms. The lowest BCUT2D eigenvalue weighted by Crippen LogP contribution is -2.14. The molecule has 96 valence electrons. The van der Waals surface area contributed by atoms with Crippen LogP contribution in [0.15, 0.2) is 24.3 Å². The van der Waals surface area contributed by atoms with Crippen molar-refractivity contribution in [3.05, 3.63) is 29.8 Å². The van der Waals surface area contributed by atoms with Gasteiger partial charge in [-0.2, -0.15) is 0 Å². The van der Waals surface area contributed by atoms with Crippen LogP contribution in [0.3, 0.4) is 0 Å². The summed E-state index contributed by atoms with van der Waals surface area (Å²) in [6, 6.07) is 7.77. The summed E-state index contributed by atoms with van der Waals surface area (Å²) >= 11 is 0. The standard InChI is InChI=1S/C15H24O2/c1-5-10-17-14-8-6-13(7-9-14)15(16)12(4)11(2)3/h6-9,11-12,15-16H,5,10H2,1-4H3. The van der Waals surface area contributed by atoms with E-state index in [1.165, 1.54) is 0 Å². The summed E-state index contributed by atoms with van der Waals surface area (Å²) in [5, 5.41) is 10.2. The molecule has 1 aromatic carbocycles. The van der Waals surface area contributed by atoms with Crippen molar-refractivity contribution in [1.29, 1.82) is 0 Å². The zero-order valence-electron chi connectivity index (χ0n) is 11.3. The molecule has 0 saturated heterocycles. The van der Waals surface area contributed by atoms with Crippen LogP contribution >= 0.6 is 0 Å². The molecule has 0 amide bonds. The van der Waals surface area contributed by atoms with Crippen molar-refractivity contribution in [2.75, 3.05) is 6.61 Å². The Hall–Kier alpha value is -1.02. The van der Waals surface area contributed by atoms with Gasteiger partial charge in [0.2, 0.25) is 0 Å². The van der Waals surface area contributed by atoms with Crippen LogP contribution in [0.25, 0.3) is 0 Å². The summed E-state index contributed by atoms with van der Waals surface area (Å²) < 4.78 is 5.52. The molecular weight excluding hydrogens is 212 g/mol. The molecule has 0 heterocycles. The smallest absolute Gasteiger partial charge is 0.119 e. The Balaban J connectivity index is 2.66. The largest absolute Gasteiger partial charge is 0.494 e. The van der Waals surface area contributed by atoms with E-state index >= 15 is 0 Å². The van der Waals surface area contributed by atoms with Gasteiger partial charge in [0.05, 0.1) is 12.7 Å². The molecule has 0 aliphatic rings. The van der Waals surface area contributed by atoms with E-state index in [0.29, 0.717) is 5.92 Å². The zero-order chi connectivity index (χ0) is 12.8. The number of aliphatic hydroxyl groups excluding tert-OH is 1. The van der Waals surface area contributed by atoms with Gasteiger partial charge in [0.15, 0.2) is 0 Å². The summed E-state index contributed by atoms with van der Waals surface area (Å²) in [4.78, 5) is 0. The molecule has 2 nitrogen and oxygen atoms in total. The predicted molar refractivity (Wildman–Crippen MR) is 71.2 cm³/mol.